The van der Waals surface area contributed by atoms with E-state index < -0.39 is 5.97 Å². The minimum Gasteiger partial charge on any atom is -0.481 e. The molecular formula is C12H22N2O3. The van der Waals surface area contributed by atoms with Gasteiger partial charge >= 0.3 is 12.0 Å². The van der Waals surface area contributed by atoms with Crippen molar-refractivity contribution in [1.29, 1.82) is 0 Å². The van der Waals surface area contributed by atoms with Gasteiger partial charge in [0.15, 0.2) is 0 Å². The Hall–Kier alpha value is -1.26. The topological polar surface area (TPSA) is 69.6 Å². The monoisotopic (exact) mass is 242 g/mol. The Bertz CT molecular complexity index is 293. The van der Waals surface area contributed by atoms with Gasteiger partial charge in [-0.15, -0.1) is 0 Å². The van der Waals surface area contributed by atoms with Crippen LogP contribution >= 0.6 is 0 Å². The standard InChI is InChI=1S/C12H22N2O3/c1-8-6-9(2)10(3)14(7-8)12(17)13-5-4-11(15)16/h8-10H,4-7H2,1-3H3,(H,13,17)(H,15,16). The molecule has 0 aromatic heterocycles. The van der Waals surface area contributed by atoms with Crippen LogP contribution in [0.4, 0.5) is 4.79 Å². The van der Waals surface area contributed by atoms with E-state index in [1.54, 1.807) is 0 Å². The summed E-state index contributed by atoms with van der Waals surface area (Å²) >= 11 is 0. The highest BCUT2D eigenvalue weighted by atomic mass is 16.4. The van der Waals surface area contributed by atoms with Crippen LogP contribution in [0.25, 0.3) is 0 Å². The number of rotatable bonds is 3. The highest BCUT2D eigenvalue weighted by Gasteiger charge is 2.31. The molecule has 0 spiro atoms. The Kier molecular flexibility index (Phi) is 4.78. The quantitative estimate of drug-likeness (QED) is 0.788. The Morgan fingerprint density at radius 1 is 1.35 bits per heavy atom. The summed E-state index contributed by atoms with van der Waals surface area (Å²) in [6, 6.07) is 0.0770. The summed E-state index contributed by atoms with van der Waals surface area (Å²) < 4.78 is 0. The van der Waals surface area contributed by atoms with E-state index in [-0.39, 0.29) is 25.0 Å². The van der Waals surface area contributed by atoms with Gasteiger partial charge in [-0.2, -0.15) is 0 Å². The van der Waals surface area contributed by atoms with Crippen molar-refractivity contribution >= 4 is 12.0 Å². The number of amides is 2. The highest BCUT2D eigenvalue weighted by Crippen LogP contribution is 2.26. The molecule has 0 saturated carbocycles. The Labute approximate surface area is 102 Å². The van der Waals surface area contributed by atoms with Crippen LogP contribution in [0.1, 0.15) is 33.6 Å². The molecule has 1 aliphatic heterocycles. The molecule has 98 valence electrons. The first-order chi connectivity index (χ1) is 7.91. The lowest BCUT2D eigenvalue weighted by atomic mass is 9.86. The maximum absolute atomic E-state index is 11.9. The van der Waals surface area contributed by atoms with Crippen LogP contribution < -0.4 is 5.32 Å². The zero-order valence-corrected chi connectivity index (χ0v) is 10.8. The lowest BCUT2D eigenvalue weighted by molar-refractivity contribution is -0.136. The minimum absolute atomic E-state index is 0.0287. The largest absolute Gasteiger partial charge is 0.481 e. The molecule has 3 unspecified atom stereocenters. The van der Waals surface area contributed by atoms with E-state index in [4.69, 9.17) is 5.11 Å². The predicted octanol–water partition coefficient (Wildman–Crippen LogP) is 1.54. The summed E-state index contributed by atoms with van der Waals surface area (Å²) in [6.45, 7) is 7.29. The number of carbonyl (C=O) groups is 2. The number of hydrogen-bond donors (Lipinski definition) is 2. The zero-order chi connectivity index (χ0) is 13.0. The van der Waals surface area contributed by atoms with E-state index in [0.717, 1.165) is 13.0 Å². The molecule has 0 radical (unpaired) electrons. The second-order valence-corrected chi connectivity index (χ2v) is 5.09. The summed E-state index contributed by atoms with van der Waals surface area (Å²) in [5, 5.41) is 11.2. The fraction of sp³-hybridized carbons (Fsp3) is 0.833. The molecule has 1 aliphatic rings. The second kappa shape index (κ2) is 5.89. The normalized spacial score (nSPS) is 28.9. The van der Waals surface area contributed by atoms with Crippen molar-refractivity contribution in [3.05, 3.63) is 0 Å². The average molecular weight is 242 g/mol. The molecule has 1 rings (SSSR count). The van der Waals surface area contributed by atoms with E-state index in [2.05, 4.69) is 19.2 Å². The molecule has 2 N–H and O–H groups in total. The molecule has 17 heavy (non-hydrogen) atoms. The van der Waals surface area contributed by atoms with Crippen molar-refractivity contribution in [2.45, 2.75) is 39.7 Å². The van der Waals surface area contributed by atoms with Crippen LogP contribution in [0.5, 0.6) is 0 Å². The Morgan fingerprint density at radius 2 is 2.00 bits per heavy atom. The zero-order valence-electron chi connectivity index (χ0n) is 10.8. The smallest absolute Gasteiger partial charge is 0.317 e. The molecule has 1 saturated heterocycles. The maximum atomic E-state index is 11.9. The van der Waals surface area contributed by atoms with Gasteiger partial charge < -0.3 is 15.3 Å². The third-order valence-electron chi connectivity index (χ3n) is 3.47. The third-order valence-corrected chi connectivity index (χ3v) is 3.47. The first-order valence-electron chi connectivity index (χ1n) is 6.18. The van der Waals surface area contributed by atoms with E-state index in [0.29, 0.717) is 11.8 Å². The first-order valence-corrected chi connectivity index (χ1v) is 6.18. The second-order valence-electron chi connectivity index (χ2n) is 5.09. The number of urea groups is 1. The summed E-state index contributed by atoms with van der Waals surface area (Å²) in [7, 11) is 0. The number of piperidine rings is 1. The lowest BCUT2D eigenvalue weighted by Crippen LogP contribution is -2.52. The Morgan fingerprint density at radius 3 is 2.59 bits per heavy atom. The van der Waals surface area contributed by atoms with Crippen LogP contribution in [-0.4, -0.2) is 41.1 Å². The molecule has 0 aromatic rings. The van der Waals surface area contributed by atoms with Gasteiger partial charge in [-0.3, -0.25) is 4.79 Å². The van der Waals surface area contributed by atoms with Gasteiger partial charge in [-0.05, 0) is 25.2 Å². The van der Waals surface area contributed by atoms with E-state index in [9.17, 15) is 9.59 Å². The molecule has 2 amide bonds. The minimum atomic E-state index is -0.890. The van der Waals surface area contributed by atoms with Crippen molar-refractivity contribution < 1.29 is 14.7 Å². The molecule has 3 atom stereocenters. The van der Waals surface area contributed by atoms with Crippen molar-refractivity contribution in [2.24, 2.45) is 11.8 Å². The molecule has 5 nitrogen and oxygen atoms in total. The molecule has 0 aromatic carbocycles. The van der Waals surface area contributed by atoms with E-state index in [1.165, 1.54) is 0 Å². The number of nitrogens with one attached hydrogen (secondary N) is 1. The van der Waals surface area contributed by atoms with Crippen LogP contribution in [0.3, 0.4) is 0 Å². The number of likely N-dealkylation sites (tertiary alicyclic amines) is 1. The van der Waals surface area contributed by atoms with Gasteiger partial charge in [0, 0.05) is 19.1 Å². The van der Waals surface area contributed by atoms with Crippen LogP contribution in [0.2, 0.25) is 0 Å². The van der Waals surface area contributed by atoms with Gasteiger partial charge in [-0.25, -0.2) is 4.79 Å². The fourth-order valence-corrected chi connectivity index (χ4v) is 2.36. The van der Waals surface area contributed by atoms with E-state index >= 15 is 0 Å². The summed E-state index contributed by atoms with van der Waals surface area (Å²) in [5.74, 6) is 0.106. The number of carbonyl (C=O) groups excluding carboxylic acids is 1. The Balaban J connectivity index is 2.46. The fourth-order valence-electron chi connectivity index (χ4n) is 2.36. The number of carboxylic acids is 1. The van der Waals surface area contributed by atoms with Crippen LogP contribution in [0.15, 0.2) is 0 Å². The molecule has 1 heterocycles. The summed E-state index contributed by atoms with van der Waals surface area (Å²) in [4.78, 5) is 24.1. The SMILES string of the molecule is CC1CC(C)C(C)N(C(=O)NCCC(=O)O)C1. The first kappa shape index (κ1) is 13.8. The number of carboxylic acid groups (broad SMARTS) is 1. The van der Waals surface area contributed by atoms with Crippen molar-refractivity contribution in [3.8, 4) is 0 Å². The summed E-state index contributed by atoms with van der Waals surface area (Å²) in [5.41, 5.74) is 0. The van der Waals surface area contributed by atoms with Gasteiger partial charge in [0.1, 0.15) is 0 Å². The van der Waals surface area contributed by atoms with Crippen LogP contribution in [-0.2, 0) is 4.79 Å². The lowest BCUT2D eigenvalue weighted by Gasteiger charge is -2.40. The number of hydrogen-bond acceptors (Lipinski definition) is 2. The molecular weight excluding hydrogens is 220 g/mol. The summed E-state index contributed by atoms with van der Waals surface area (Å²) in [6.07, 6.45) is 1.11. The van der Waals surface area contributed by atoms with Gasteiger partial charge in [0.2, 0.25) is 0 Å². The van der Waals surface area contributed by atoms with Crippen molar-refractivity contribution in [1.82, 2.24) is 10.2 Å². The van der Waals surface area contributed by atoms with E-state index in [1.807, 2.05) is 11.8 Å². The molecule has 5 heteroatoms. The maximum Gasteiger partial charge on any atom is 0.317 e. The van der Waals surface area contributed by atoms with Crippen molar-refractivity contribution in [2.75, 3.05) is 13.1 Å². The predicted molar refractivity (Wildman–Crippen MR) is 64.8 cm³/mol. The molecule has 0 bridgehead atoms. The van der Waals surface area contributed by atoms with Gasteiger partial charge in [-0.1, -0.05) is 13.8 Å². The average Bonchev–Trinajstić information content (AvgIpc) is 2.22. The molecule has 1 fully saturated rings. The van der Waals surface area contributed by atoms with Crippen LogP contribution in [0, 0.1) is 11.8 Å². The highest BCUT2D eigenvalue weighted by molar-refractivity contribution is 5.75. The third kappa shape index (κ3) is 3.91. The van der Waals surface area contributed by atoms with Crippen molar-refractivity contribution in [3.63, 3.8) is 0 Å². The van der Waals surface area contributed by atoms with Gasteiger partial charge in [0.25, 0.3) is 0 Å². The molecule has 0 aliphatic carbocycles. The number of aliphatic carboxylic acids is 1. The van der Waals surface area contributed by atoms with Gasteiger partial charge in [0.05, 0.1) is 6.42 Å². The number of nitrogens with zero attached hydrogens (tertiary/aromatic N) is 1.